The molecule has 0 atom stereocenters. The molecule has 142 valence electrons. The molecule has 7 nitrogen and oxygen atoms in total. The van der Waals surface area contributed by atoms with Crippen LogP contribution in [0.4, 0.5) is 23.1 Å². The van der Waals surface area contributed by atoms with E-state index >= 15 is 0 Å². The fourth-order valence-electron chi connectivity index (χ4n) is 3.36. The summed E-state index contributed by atoms with van der Waals surface area (Å²) >= 11 is 12.2. The van der Waals surface area contributed by atoms with E-state index in [1.807, 2.05) is 0 Å². The zero-order chi connectivity index (χ0) is 19.0. The zero-order valence-corrected chi connectivity index (χ0v) is 16.4. The molecule has 3 N–H and O–H groups in total. The third-order valence-corrected chi connectivity index (χ3v) is 5.69. The number of amides is 1. The minimum Gasteiger partial charge on any atom is -0.351 e. The van der Waals surface area contributed by atoms with Crippen LogP contribution in [-0.4, -0.2) is 46.5 Å². The summed E-state index contributed by atoms with van der Waals surface area (Å²) in [5.41, 5.74) is 1.55. The van der Waals surface area contributed by atoms with Gasteiger partial charge in [0.2, 0.25) is 5.95 Å². The molecular formula is C18H20Cl2N6O. The van der Waals surface area contributed by atoms with Crippen LogP contribution in [0.2, 0.25) is 10.0 Å². The lowest BCUT2D eigenvalue weighted by Gasteiger charge is -2.31. The largest absolute Gasteiger partial charge is 0.351 e. The second kappa shape index (κ2) is 7.50. The van der Waals surface area contributed by atoms with E-state index in [4.69, 9.17) is 23.2 Å². The first-order valence-corrected chi connectivity index (χ1v) is 9.72. The lowest BCUT2D eigenvalue weighted by Crippen LogP contribution is -2.39. The minimum absolute atomic E-state index is 0.294. The predicted octanol–water partition coefficient (Wildman–Crippen LogP) is 3.99. The van der Waals surface area contributed by atoms with Crippen LogP contribution in [-0.2, 0) is 0 Å². The number of rotatable bonds is 3. The molecule has 1 saturated heterocycles. The van der Waals surface area contributed by atoms with Gasteiger partial charge in [0.15, 0.2) is 0 Å². The van der Waals surface area contributed by atoms with Crippen LogP contribution in [0.5, 0.6) is 0 Å². The lowest BCUT2D eigenvalue weighted by molar-refractivity contribution is 0.102. The van der Waals surface area contributed by atoms with Crippen molar-refractivity contribution in [2.75, 3.05) is 35.6 Å². The molecule has 3 heterocycles. The SMILES string of the molecule is CCN1CCC(Nc2ncc3c(n2)Nc2cc(Cl)c(Cl)cc2NC3=O)CC1. The monoisotopic (exact) mass is 406 g/mol. The number of nitrogens with zero attached hydrogens (tertiary/aromatic N) is 3. The molecule has 1 fully saturated rings. The van der Waals surface area contributed by atoms with Crippen molar-refractivity contribution in [3.05, 3.63) is 33.9 Å². The summed E-state index contributed by atoms with van der Waals surface area (Å²) in [5, 5.41) is 10.1. The molecule has 0 saturated carbocycles. The number of piperidine rings is 1. The van der Waals surface area contributed by atoms with Crippen molar-refractivity contribution in [1.29, 1.82) is 0 Å². The normalized spacial score (nSPS) is 17.4. The molecule has 0 unspecified atom stereocenters. The van der Waals surface area contributed by atoms with Gasteiger partial charge in [0.1, 0.15) is 11.4 Å². The molecule has 1 aromatic heterocycles. The van der Waals surface area contributed by atoms with E-state index in [0.717, 1.165) is 32.5 Å². The Morgan fingerprint density at radius 1 is 1.19 bits per heavy atom. The second-order valence-electron chi connectivity index (χ2n) is 6.70. The third kappa shape index (κ3) is 3.81. The first-order chi connectivity index (χ1) is 13.0. The van der Waals surface area contributed by atoms with E-state index in [1.165, 1.54) is 6.20 Å². The fraction of sp³-hybridized carbons (Fsp3) is 0.389. The van der Waals surface area contributed by atoms with Crippen LogP contribution in [0.15, 0.2) is 18.3 Å². The van der Waals surface area contributed by atoms with E-state index < -0.39 is 0 Å². The number of fused-ring (bicyclic) bond motifs is 2. The molecule has 9 heteroatoms. The van der Waals surface area contributed by atoms with Crippen molar-refractivity contribution >= 4 is 52.3 Å². The maximum atomic E-state index is 12.5. The van der Waals surface area contributed by atoms with Gasteiger partial charge in [-0.05, 0) is 31.5 Å². The number of hydrogen-bond donors (Lipinski definition) is 3. The highest BCUT2D eigenvalue weighted by molar-refractivity contribution is 6.42. The first kappa shape index (κ1) is 18.3. The number of carbonyl (C=O) groups is 1. The Hall–Kier alpha value is -2.09. The molecular weight excluding hydrogens is 387 g/mol. The summed E-state index contributed by atoms with van der Waals surface area (Å²) in [4.78, 5) is 23.8. The Kier molecular flexibility index (Phi) is 5.08. The van der Waals surface area contributed by atoms with E-state index in [0.29, 0.717) is 44.8 Å². The molecule has 0 spiro atoms. The van der Waals surface area contributed by atoms with Crippen molar-refractivity contribution in [1.82, 2.24) is 14.9 Å². The summed E-state index contributed by atoms with van der Waals surface area (Å²) in [6, 6.07) is 3.61. The third-order valence-electron chi connectivity index (χ3n) is 4.96. The van der Waals surface area contributed by atoms with E-state index in [1.54, 1.807) is 12.1 Å². The molecule has 27 heavy (non-hydrogen) atoms. The average Bonchev–Trinajstić information content (AvgIpc) is 2.78. The topological polar surface area (TPSA) is 82.2 Å². The smallest absolute Gasteiger partial charge is 0.261 e. The molecule has 1 aromatic carbocycles. The Balaban J connectivity index is 1.57. The van der Waals surface area contributed by atoms with Crippen molar-refractivity contribution in [2.24, 2.45) is 0 Å². The summed E-state index contributed by atoms with van der Waals surface area (Å²) in [6.45, 7) is 5.38. The van der Waals surface area contributed by atoms with Crippen LogP contribution >= 0.6 is 23.2 Å². The first-order valence-electron chi connectivity index (χ1n) is 8.97. The molecule has 2 aromatic rings. The van der Waals surface area contributed by atoms with Gasteiger partial charge in [-0.1, -0.05) is 30.1 Å². The maximum Gasteiger partial charge on any atom is 0.261 e. The zero-order valence-electron chi connectivity index (χ0n) is 14.9. The fourth-order valence-corrected chi connectivity index (χ4v) is 3.69. The number of aromatic nitrogens is 2. The number of benzene rings is 1. The Labute approximate surface area is 167 Å². The summed E-state index contributed by atoms with van der Waals surface area (Å²) in [7, 11) is 0. The van der Waals surface area contributed by atoms with Gasteiger partial charge in [0.05, 0.1) is 21.4 Å². The number of anilines is 4. The molecule has 1 amide bonds. The van der Waals surface area contributed by atoms with Gasteiger partial charge in [-0.15, -0.1) is 0 Å². The highest BCUT2D eigenvalue weighted by atomic mass is 35.5. The number of halogens is 2. The summed E-state index contributed by atoms with van der Waals surface area (Å²) in [5.74, 6) is 0.651. The van der Waals surface area contributed by atoms with Crippen molar-refractivity contribution in [3.8, 4) is 0 Å². The Bertz CT molecular complexity index is 882. The number of carbonyl (C=O) groups excluding carboxylic acids is 1. The van der Waals surface area contributed by atoms with Gasteiger partial charge in [-0.25, -0.2) is 4.98 Å². The van der Waals surface area contributed by atoms with Gasteiger partial charge < -0.3 is 20.9 Å². The van der Waals surface area contributed by atoms with Crippen molar-refractivity contribution in [3.63, 3.8) is 0 Å². The van der Waals surface area contributed by atoms with E-state index in [9.17, 15) is 4.79 Å². The van der Waals surface area contributed by atoms with Gasteiger partial charge >= 0.3 is 0 Å². The lowest BCUT2D eigenvalue weighted by atomic mass is 10.1. The number of nitrogens with one attached hydrogen (secondary N) is 3. The van der Waals surface area contributed by atoms with Crippen LogP contribution in [0.25, 0.3) is 0 Å². The number of hydrogen-bond acceptors (Lipinski definition) is 6. The van der Waals surface area contributed by atoms with Gasteiger partial charge in [-0.2, -0.15) is 4.98 Å². The minimum atomic E-state index is -0.294. The van der Waals surface area contributed by atoms with Crippen LogP contribution < -0.4 is 16.0 Å². The molecule has 2 aliphatic rings. The maximum absolute atomic E-state index is 12.5. The summed E-state index contributed by atoms with van der Waals surface area (Å²) in [6.07, 6.45) is 3.61. The molecule has 2 aliphatic heterocycles. The molecule has 0 bridgehead atoms. The molecule has 0 aliphatic carbocycles. The van der Waals surface area contributed by atoms with Crippen LogP contribution in [0, 0.1) is 0 Å². The average molecular weight is 407 g/mol. The molecule has 0 radical (unpaired) electrons. The quantitative estimate of drug-likeness (QED) is 0.714. The van der Waals surface area contributed by atoms with Gasteiger partial charge in [0, 0.05) is 25.3 Å². The predicted molar refractivity (Wildman–Crippen MR) is 108 cm³/mol. The standard InChI is InChI=1S/C18H20Cl2N6O/c1-2-26-5-3-10(4-6-26)22-18-21-9-11-16(25-18)23-14-7-12(19)13(20)8-15(14)24-17(11)27/h7-10H,2-6H2,1H3,(H,24,27)(H2,21,22,23,25). The molecule has 4 rings (SSSR count). The number of likely N-dealkylation sites (tertiary alicyclic amines) is 1. The second-order valence-corrected chi connectivity index (χ2v) is 7.51. The summed E-state index contributed by atoms with van der Waals surface area (Å²) < 4.78 is 0. The highest BCUT2D eigenvalue weighted by Crippen LogP contribution is 2.37. The van der Waals surface area contributed by atoms with Crippen LogP contribution in [0.3, 0.4) is 0 Å². The van der Waals surface area contributed by atoms with Gasteiger partial charge in [0.25, 0.3) is 5.91 Å². The Morgan fingerprint density at radius 3 is 2.52 bits per heavy atom. The highest BCUT2D eigenvalue weighted by Gasteiger charge is 2.24. The van der Waals surface area contributed by atoms with E-state index in [2.05, 4.69) is 37.7 Å². The van der Waals surface area contributed by atoms with Gasteiger partial charge in [-0.3, -0.25) is 4.79 Å². The van der Waals surface area contributed by atoms with E-state index in [-0.39, 0.29) is 5.91 Å². The van der Waals surface area contributed by atoms with Crippen LogP contribution in [0.1, 0.15) is 30.1 Å². The van der Waals surface area contributed by atoms with Crippen molar-refractivity contribution < 1.29 is 4.79 Å². The Morgan fingerprint density at radius 2 is 1.85 bits per heavy atom. The van der Waals surface area contributed by atoms with Crippen molar-refractivity contribution in [2.45, 2.75) is 25.8 Å².